The van der Waals surface area contributed by atoms with Crippen molar-refractivity contribution in [2.75, 3.05) is 5.32 Å². The van der Waals surface area contributed by atoms with Crippen LogP contribution < -0.4 is 5.32 Å². The molecule has 0 fully saturated rings. The normalized spacial score (nSPS) is 10.2. The molecule has 0 radical (unpaired) electrons. The van der Waals surface area contributed by atoms with E-state index in [9.17, 15) is 8.78 Å². The predicted octanol–water partition coefficient (Wildman–Crippen LogP) is 3.76. The standard InChI is InChI=1S/C11H7ClF2N2/c12-7-5-9(14)11(15-6-7)16-10-4-2-1-3-8(10)13/h1-6H,(H,15,16). The van der Waals surface area contributed by atoms with Crippen molar-refractivity contribution in [3.63, 3.8) is 0 Å². The molecule has 0 aliphatic rings. The summed E-state index contributed by atoms with van der Waals surface area (Å²) in [5, 5.41) is 2.74. The van der Waals surface area contributed by atoms with Gasteiger partial charge < -0.3 is 5.32 Å². The van der Waals surface area contributed by atoms with Crippen LogP contribution in [0, 0.1) is 11.6 Å². The van der Waals surface area contributed by atoms with E-state index in [1.54, 1.807) is 12.1 Å². The van der Waals surface area contributed by atoms with Gasteiger partial charge in [-0.15, -0.1) is 0 Å². The molecule has 0 amide bonds. The van der Waals surface area contributed by atoms with Gasteiger partial charge in [0.15, 0.2) is 11.6 Å². The summed E-state index contributed by atoms with van der Waals surface area (Å²) in [6.07, 6.45) is 1.29. The van der Waals surface area contributed by atoms with E-state index in [4.69, 9.17) is 11.6 Å². The van der Waals surface area contributed by atoms with Gasteiger partial charge in [-0.3, -0.25) is 0 Å². The number of rotatable bonds is 2. The number of halogens is 3. The minimum Gasteiger partial charge on any atom is -0.335 e. The molecular formula is C11H7ClF2N2. The van der Waals surface area contributed by atoms with Crippen molar-refractivity contribution in [1.29, 1.82) is 0 Å². The average Bonchev–Trinajstić information content (AvgIpc) is 2.25. The second kappa shape index (κ2) is 4.45. The number of aromatic nitrogens is 1. The van der Waals surface area contributed by atoms with Crippen molar-refractivity contribution in [3.05, 3.63) is 53.2 Å². The van der Waals surface area contributed by atoms with E-state index in [0.29, 0.717) is 0 Å². The summed E-state index contributed by atoms with van der Waals surface area (Å²) >= 11 is 5.55. The van der Waals surface area contributed by atoms with Crippen molar-refractivity contribution in [3.8, 4) is 0 Å². The average molecular weight is 241 g/mol. The third kappa shape index (κ3) is 2.28. The largest absolute Gasteiger partial charge is 0.335 e. The molecule has 0 atom stereocenters. The maximum Gasteiger partial charge on any atom is 0.167 e. The first kappa shape index (κ1) is 10.8. The molecule has 2 nitrogen and oxygen atoms in total. The molecule has 1 N–H and O–H groups in total. The number of para-hydroxylation sites is 1. The number of nitrogens with zero attached hydrogens (tertiary/aromatic N) is 1. The van der Waals surface area contributed by atoms with Gasteiger partial charge in [0.1, 0.15) is 5.82 Å². The number of hydrogen-bond donors (Lipinski definition) is 1. The van der Waals surface area contributed by atoms with Crippen LogP contribution in [0.5, 0.6) is 0 Å². The Kier molecular flexibility index (Phi) is 3.01. The van der Waals surface area contributed by atoms with Crippen LogP contribution in [0.2, 0.25) is 5.02 Å². The summed E-state index contributed by atoms with van der Waals surface area (Å²) < 4.78 is 26.6. The molecule has 0 unspecified atom stereocenters. The molecular weight excluding hydrogens is 234 g/mol. The predicted molar refractivity (Wildman–Crippen MR) is 58.9 cm³/mol. The molecule has 0 saturated heterocycles. The zero-order chi connectivity index (χ0) is 11.5. The van der Waals surface area contributed by atoms with Crippen molar-refractivity contribution in [1.82, 2.24) is 4.98 Å². The van der Waals surface area contributed by atoms with Crippen molar-refractivity contribution < 1.29 is 8.78 Å². The van der Waals surface area contributed by atoms with Crippen LogP contribution in [0.4, 0.5) is 20.3 Å². The number of pyridine rings is 1. The number of hydrogen-bond acceptors (Lipinski definition) is 2. The molecule has 1 aromatic carbocycles. The van der Waals surface area contributed by atoms with E-state index in [1.807, 2.05) is 0 Å². The molecule has 16 heavy (non-hydrogen) atoms. The Morgan fingerprint density at radius 1 is 1.12 bits per heavy atom. The maximum absolute atomic E-state index is 13.3. The molecule has 1 aromatic heterocycles. The second-order valence-electron chi connectivity index (χ2n) is 3.09. The molecule has 0 saturated carbocycles. The molecule has 1 heterocycles. The quantitative estimate of drug-likeness (QED) is 0.865. The molecule has 2 rings (SSSR count). The summed E-state index contributed by atoms with van der Waals surface area (Å²) in [4.78, 5) is 3.73. The summed E-state index contributed by atoms with van der Waals surface area (Å²) in [7, 11) is 0. The molecule has 0 aliphatic heterocycles. The van der Waals surface area contributed by atoms with Crippen molar-refractivity contribution in [2.45, 2.75) is 0 Å². The van der Waals surface area contributed by atoms with Crippen LogP contribution in [-0.2, 0) is 0 Å². The first-order chi connectivity index (χ1) is 7.66. The monoisotopic (exact) mass is 240 g/mol. The molecule has 2 aromatic rings. The summed E-state index contributed by atoms with van der Waals surface area (Å²) in [5.74, 6) is -1.16. The first-order valence-electron chi connectivity index (χ1n) is 4.49. The lowest BCUT2D eigenvalue weighted by Gasteiger charge is -2.07. The highest BCUT2D eigenvalue weighted by atomic mass is 35.5. The minimum absolute atomic E-state index is 0.0606. The maximum atomic E-state index is 13.3. The van der Waals surface area contributed by atoms with Gasteiger partial charge in [-0.1, -0.05) is 23.7 Å². The van der Waals surface area contributed by atoms with Gasteiger partial charge in [0, 0.05) is 6.20 Å². The minimum atomic E-state index is -0.629. The molecule has 5 heteroatoms. The lowest BCUT2D eigenvalue weighted by molar-refractivity contribution is 0.621. The second-order valence-corrected chi connectivity index (χ2v) is 3.53. The Morgan fingerprint density at radius 3 is 2.56 bits per heavy atom. The Hall–Kier alpha value is -1.68. The van der Waals surface area contributed by atoms with Crippen LogP contribution in [-0.4, -0.2) is 4.98 Å². The van der Waals surface area contributed by atoms with Gasteiger partial charge >= 0.3 is 0 Å². The lowest BCUT2D eigenvalue weighted by Crippen LogP contribution is -1.98. The van der Waals surface area contributed by atoms with E-state index in [0.717, 1.165) is 6.07 Å². The number of benzene rings is 1. The van der Waals surface area contributed by atoms with Crippen LogP contribution in [0.15, 0.2) is 36.5 Å². The molecule has 0 aliphatic carbocycles. The van der Waals surface area contributed by atoms with Crippen LogP contribution in [0.1, 0.15) is 0 Å². The topological polar surface area (TPSA) is 24.9 Å². The lowest BCUT2D eigenvalue weighted by atomic mass is 10.3. The zero-order valence-corrected chi connectivity index (χ0v) is 8.80. The highest BCUT2D eigenvalue weighted by Gasteiger charge is 2.07. The zero-order valence-electron chi connectivity index (χ0n) is 8.05. The van der Waals surface area contributed by atoms with Crippen LogP contribution in [0.25, 0.3) is 0 Å². The van der Waals surface area contributed by atoms with Gasteiger partial charge in [-0.05, 0) is 18.2 Å². The van der Waals surface area contributed by atoms with Gasteiger partial charge in [0.25, 0.3) is 0 Å². The Labute approximate surface area is 95.9 Å². The van der Waals surface area contributed by atoms with Gasteiger partial charge in [0.05, 0.1) is 10.7 Å². The highest BCUT2D eigenvalue weighted by Crippen LogP contribution is 2.21. The smallest absolute Gasteiger partial charge is 0.167 e. The van der Waals surface area contributed by atoms with Gasteiger partial charge in [0.2, 0.25) is 0 Å². The van der Waals surface area contributed by atoms with E-state index in [-0.39, 0.29) is 16.5 Å². The molecule has 82 valence electrons. The fourth-order valence-electron chi connectivity index (χ4n) is 1.20. The Bertz CT molecular complexity index is 517. The Morgan fingerprint density at radius 2 is 1.88 bits per heavy atom. The highest BCUT2D eigenvalue weighted by molar-refractivity contribution is 6.30. The van der Waals surface area contributed by atoms with Crippen LogP contribution >= 0.6 is 11.6 Å². The molecule has 0 bridgehead atoms. The summed E-state index contributed by atoms with van der Waals surface area (Å²) in [5.41, 5.74) is 0.163. The van der Waals surface area contributed by atoms with E-state index in [1.165, 1.54) is 18.3 Å². The number of anilines is 2. The van der Waals surface area contributed by atoms with Crippen LogP contribution in [0.3, 0.4) is 0 Å². The van der Waals surface area contributed by atoms with Gasteiger partial charge in [-0.2, -0.15) is 0 Å². The number of nitrogens with one attached hydrogen (secondary N) is 1. The van der Waals surface area contributed by atoms with Gasteiger partial charge in [-0.25, -0.2) is 13.8 Å². The third-order valence-corrected chi connectivity index (χ3v) is 2.14. The van der Waals surface area contributed by atoms with E-state index in [2.05, 4.69) is 10.3 Å². The molecule has 0 spiro atoms. The SMILES string of the molecule is Fc1ccccc1Nc1ncc(Cl)cc1F. The first-order valence-corrected chi connectivity index (χ1v) is 4.87. The van der Waals surface area contributed by atoms with Crippen molar-refractivity contribution in [2.24, 2.45) is 0 Å². The van der Waals surface area contributed by atoms with E-state index < -0.39 is 11.6 Å². The van der Waals surface area contributed by atoms with E-state index >= 15 is 0 Å². The fourth-order valence-corrected chi connectivity index (χ4v) is 1.34. The summed E-state index contributed by atoms with van der Waals surface area (Å²) in [6, 6.07) is 7.06. The Balaban J connectivity index is 2.31. The third-order valence-electron chi connectivity index (χ3n) is 1.93. The summed E-state index contributed by atoms with van der Waals surface area (Å²) in [6.45, 7) is 0. The van der Waals surface area contributed by atoms with Crippen molar-refractivity contribution >= 4 is 23.1 Å². The fraction of sp³-hybridized carbons (Fsp3) is 0.